The highest BCUT2D eigenvalue weighted by Gasteiger charge is 2.07. The Bertz CT molecular complexity index is 1050. The molecular weight excluding hydrogens is 358 g/mol. The minimum atomic E-state index is 0.579. The van der Waals surface area contributed by atoms with Gasteiger partial charge in [-0.2, -0.15) is 4.98 Å². The number of nitrogens with zero attached hydrogens (tertiary/aromatic N) is 3. The summed E-state index contributed by atoms with van der Waals surface area (Å²) in [5.41, 5.74) is 5.35. The molecule has 2 heterocycles. The van der Waals surface area contributed by atoms with E-state index in [9.17, 15) is 0 Å². The molecule has 4 rings (SSSR count). The summed E-state index contributed by atoms with van der Waals surface area (Å²) >= 11 is 0. The molecule has 0 atom stereocenters. The molecule has 144 valence electrons. The second-order valence-corrected chi connectivity index (χ2v) is 6.71. The molecule has 4 aromatic rings. The normalized spacial score (nSPS) is 10.5. The lowest BCUT2D eigenvalue weighted by atomic mass is 10.1. The first-order chi connectivity index (χ1) is 14.3. The van der Waals surface area contributed by atoms with Crippen LogP contribution in [0.3, 0.4) is 0 Å². The van der Waals surface area contributed by atoms with Crippen LogP contribution in [0.15, 0.2) is 85.2 Å². The van der Waals surface area contributed by atoms with Crippen LogP contribution in [0.2, 0.25) is 0 Å². The van der Waals surface area contributed by atoms with E-state index in [-0.39, 0.29) is 0 Å². The van der Waals surface area contributed by atoms with Gasteiger partial charge in [0.1, 0.15) is 5.82 Å². The van der Waals surface area contributed by atoms with Crippen molar-refractivity contribution >= 4 is 17.5 Å². The van der Waals surface area contributed by atoms with Gasteiger partial charge in [0.2, 0.25) is 5.95 Å². The molecule has 0 aliphatic rings. The summed E-state index contributed by atoms with van der Waals surface area (Å²) in [6.45, 7) is 2.78. The van der Waals surface area contributed by atoms with Crippen LogP contribution in [-0.4, -0.2) is 15.0 Å². The Hall–Kier alpha value is -3.73. The smallest absolute Gasteiger partial charge is 0.225 e. The summed E-state index contributed by atoms with van der Waals surface area (Å²) in [5.74, 6) is 1.33. The summed E-state index contributed by atoms with van der Waals surface area (Å²) in [5, 5.41) is 6.73. The van der Waals surface area contributed by atoms with Crippen LogP contribution in [0.1, 0.15) is 18.1 Å². The quantitative estimate of drug-likeness (QED) is 0.445. The second kappa shape index (κ2) is 8.97. The van der Waals surface area contributed by atoms with Gasteiger partial charge in [0.25, 0.3) is 0 Å². The van der Waals surface area contributed by atoms with E-state index in [0.717, 1.165) is 34.7 Å². The van der Waals surface area contributed by atoms with E-state index < -0.39 is 0 Å². The molecule has 0 spiro atoms. The predicted molar refractivity (Wildman–Crippen MR) is 118 cm³/mol. The fourth-order valence-electron chi connectivity index (χ4n) is 3.00. The van der Waals surface area contributed by atoms with E-state index in [1.54, 1.807) is 12.4 Å². The third kappa shape index (κ3) is 4.96. The zero-order chi connectivity index (χ0) is 19.9. The number of hydrogen-bond acceptors (Lipinski definition) is 5. The van der Waals surface area contributed by atoms with Crippen LogP contribution in [-0.2, 0) is 13.0 Å². The first-order valence-corrected chi connectivity index (χ1v) is 9.73. The Kier molecular flexibility index (Phi) is 5.76. The van der Waals surface area contributed by atoms with Crippen molar-refractivity contribution in [1.29, 1.82) is 0 Å². The number of aryl methyl sites for hydroxylation is 1. The summed E-state index contributed by atoms with van der Waals surface area (Å²) in [6.07, 6.45) is 4.59. The van der Waals surface area contributed by atoms with Crippen LogP contribution in [0, 0.1) is 0 Å². The van der Waals surface area contributed by atoms with E-state index >= 15 is 0 Å². The number of hydrogen-bond donors (Lipinski definition) is 2. The Balaban J connectivity index is 1.62. The number of aromatic nitrogens is 3. The number of anilines is 3. The molecule has 0 aliphatic carbocycles. The molecule has 0 fully saturated rings. The first kappa shape index (κ1) is 18.6. The second-order valence-electron chi connectivity index (χ2n) is 6.71. The summed E-state index contributed by atoms with van der Waals surface area (Å²) in [7, 11) is 0. The van der Waals surface area contributed by atoms with Crippen LogP contribution < -0.4 is 10.6 Å². The van der Waals surface area contributed by atoms with E-state index in [1.807, 2.05) is 36.4 Å². The first-order valence-electron chi connectivity index (χ1n) is 9.73. The molecule has 0 radical (unpaired) electrons. The van der Waals surface area contributed by atoms with Crippen LogP contribution >= 0.6 is 0 Å². The molecule has 2 aromatic carbocycles. The van der Waals surface area contributed by atoms with Gasteiger partial charge in [0, 0.05) is 36.3 Å². The van der Waals surface area contributed by atoms with Crippen LogP contribution in [0.4, 0.5) is 17.5 Å². The Morgan fingerprint density at radius 2 is 1.55 bits per heavy atom. The number of rotatable bonds is 7. The standard InChI is InChI=1S/C24H23N5/c1-2-18-8-10-21(11-9-18)27-23-16-22(20-6-4-3-5-7-20)28-24(29-23)26-17-19-12-14-25-15-13-19/h3-16H,2,17H2,1H3,(H2,26,27,28,29). The monoisotopic (exact) mass is 381 g/mol. The zero-order valence-electron chi connectivity index (χ0n) is 16.3. The third-order valence-corrected chi connectivity index (χ3v) is 4.63. The molecule has 0 amide bonds. The molecular formula is C24H23N5. The van der Waals surface area contributed by atoms with Crippen molar-refractivity contribution in [3.05, 3.63) is 96.3 Å². The topological polar surface area (TPSA) is 62.7 Å². The van der Waals surface area contributed by atoms with Gasteiger partial charge in [-0.25, -0.2) is 4.98 Å². The summed E-state index contributed by atoms with van der Waals surface area (Å²) in [6, 6.07) is 24.5. The van der Waals surface area contributed by atoms with Gasteiger partial charge in [-0.1, -0.05) is 49.4 Å². The van der Waals surface area contributed by atoms with Gasteiger partial charge in [0.05, 0.1) is 5.69 Å². The highest BCUT2D eigenvalue weighted by atomic mass is 15.1. The van der Waals surface area contributed by atoms with Gasteiger partial charge in [-0.3, -0.25) is 4.98 Å². The molecule has 0 saturated carbocycles. The fraction of sp³-hybridized carbons (Fsp3) is 0.125. The Labute approximate surface area is 170 Å². The maximum Gasteiger partial charge on any atom is 0.225 e. The van der Waals surface area contributed by atoms with Crippen molar-refractivity contribution in [2.75, 3.05) is 10.6 Å². The molecule has 29 heavy (non-hydrogen) atoms. The van der Waals surface area contributed by atoms with Gasteiger partial charge in [0.15, 0.2) is 0 Å². The lowest BCUT2D eigenvalue weighted by Gasteiger charge is -2.12. The van der Waals surface area contributed by atoms with Crippen molar-refractivity contribution in [3.63, 3.8) is 0 Å². The molecule has 0 saturated heterocycles. The minimum Gasteiger partial charge on any atom is -0.350 e. The van der Waals surface area contributed by atoms with Crippen molar-refractivity contribution in [1.82, 2.24) is 15.0 Å². The molecule has 0 aliphatic heterocycles. The fourth-order valence-corrected chi connectivity index (χ4v) is 3.00. The summed E-state index contributed by atoms with van der Waals surface area (Å²) in [4.78, 5) is 13.4. The van der Waals surface area contributed by atoms with Crippen molar-refractivity contribution in [2.45, 2.75) is 19.9 Å². The Morgan fingerprint density at radius 3 is 2.28 bits per heavy atom. The maximum atomic E-state index is 4.71. The van der Waals surface area contributed by atoms with Gasteiger partial charge in [-0.15, -0.1) is 0 Å². The largest absolute Gasteiger partial charge is 0.350 e. The maximum absolute atomic E-state index is 4.71. The lowest BCUT2D eigenvalue weighted by molar-refractivity contribution is 1.05. The van der Waals surface area contributed by atoms with Gasteiger partial charge in [-0.05, 0) is 41.8 Å². The van der Waals surface area contributed by atoms with Gasteiger partial charge >= 0.3 is 0 Å². The van der Waals surface area contributed by atoms with Crippen molar-refractivity contribution < 1.29 is 0 Å². The highest BCUT2D eigenvalue weighted by molar-refractivity contribution is 5.67. The molecule has 0 bridgehead atoms. The number of pyridine rings is 1. The predicted octanol–water partition coefficient (Wildman–Crippen LogP) is 5.46. The lowest BCUT2D eigenvalue weighted by Crippen LogP contribution is -2.06. The average molecular weight is 381 g/mol. The third-order valence-electron chi connectivity index (χ3n) is 4.63. The van der Waals surface area contributed by atoms with Gasteiger partial charge < -0.3 is 10.6 Å². The molecule has 0 unspecified atom stereocenters. The van der Waals surface area contributed by atoms with E-state index in [0.29, 0.717) is 12.5 Å². The number of benzene rings is 2. The van der Waals surface area contributed by atoms with E-state index in [1.165, 1.54) is 5.56 Å². The SMILES string of the molecule is CCc1ccc(Nc2cc(-c3ccccc3)nc(NCc3ccncc3)n2)cc1. The minimum absolute atomic E-state index is 0.579. The molecule has 5 nitrogen and oxygen atoms in total. The average Bonchev–Trinajstić information content (AvgIpc) is 2.79. The van der Waals surface area contributed by atoms with Crippen LogP contribution in [0.5, 0.6) is 0 Å². The molecule has 2 N–H and O–H groups in total. The number of nitrogens with one attached hydrogen (secondary N) is 2. The molecule has 2 aromatic heterocycles. The Morgan fingerprint density at radius 1 is 0.793 bits per heavy atom. The summed E-state index contributed by atoms with van der Waals surface area (Å²) < 4.78 is 0. The van der Waals surface area contributed by atoms with Crippen LogP contribution in [0.25, 0.3) is 11.3 Å². The highest BCUT2D eigenvalue weighted by Crippen LogP contribution is 2.24. The molecule has 5 heteroatoms. The zero-order valence-corrected chi connectivity index (χ0v) is 16.3. The van der Waals surface area contributed by atoms with Crippen molar-refractivity contribution in [2.24, 2.45) is 0 Å². The van der Waals surface area contributed by atoms with E-state index in [4.69, 9.17) is 4.98 Å². The van der Waals surface area contributed by atoms with Crippen molar-refractivity contribution in [3.8, 4) is 11.3 Å². The van der Waals surface area contributed by atoms with E-state index in [2.05, 4.69) is 63.9 Å².